The largest absolute Gasteiger partial charge is 0.240 e. The van der Waals surface area contributed by atoms with E-state index < -0.39 is 10.0 Å². The van der Waals surface area contributed by atoms with Crippen molar-refractivity contribution in [3.63, 3.8) is 0 Å². The molecule has 1 unspecified atom stereocenters. The highest BCUT2D eigenvalue weighted by atomic mass is 35.5. The Morgan fingerprint density at radius 3 is 2.42 bits per heavy atom. The quantitative estimate of drug-likeness (QED) is 0.750. The fourth-order valence-electron chi connectivity index (χ4n) is 1.75. The van der Waals surface area contributed by atoms with Gasteiger partial charge in [-0.15, -0.1) is 11.6 Å². The van der Waals surface area contributed by atoms with E-state index in [0.717, 1.165) is 24.8 Å². The van der Waals surface area contributed by atoms with E-state index in [0.29, 0.717) is 17.3 Å². The molecule has 0 amide bonds. The SMILES string of the molecule is CCCc1ccc(S(=O)(=O)NCC(C)CCCl)cc1. The van der Waals surface area contributed by atoms with Crippen molar-refractivity contribution in [1.29, 1.82) is 0 Å². The van der Waals surface area contributed by atoms with Gasteiger partial charge < -0.3 is 0 Å². The fourth-order valence-corrected chi connectivity index (χ4v) is 3.29. The second-order valence-corrected chi connectivity index (χ2v) is 6.97. The van der Waals surface area contributed by atoms with Crippen LogP contribution in [-0.2, 0) is 16.4 Å². The van der Waals surface area contributed by atoms with Crippen LogP contribution >= 0.6 is 11.6 Å². The summed E-state index contributed by atoms with van der Waals surface area (Å²) in [6.45, 7) is 4.51. The van der Waals surface area contributed by atoms with E-state index in [2.05, 4.69) is 11.6 Å². The highest BCUT2D eigenvalue weighted by Gasteiger charge is 2.14. The van der Waals surface area contributed by atoms with Gasteiger partial charge in [-0.25, -0.2) is 13.1 Å². The molecule has 1 aromatic carbocycles. The highest BCUT2D eigenvalue weighted by molar-refractivity contribution is 7.89. The van der Waals surface area contributed by atoms with Crippen LogP contribution in [0, 0.1) is 5.92 Å². The van der Waals surface area contributed by atoms with Crippen LogP contribution in [0.15, 0.2) is 29.2 Å². The van der Waals surface area contributed by atoms with Crippen molar-refractivity contribution in [3.05, 3.63) is 29.8 Å². The van der Waals surface area contributed by atoms with E-state index in [1.54, 1.807) is 12.1 Å². The molecule has 108 valence electrons. The lowest BCUT2D eigenvalue weighted by atomic mass is 10.1. The molecule has 0 bridgehead atoms. The van der Waals surface area contributed by atoms with Crippen molar-refractivity contribution in [2.24, 2.45) is 5.92 Å². The van der Waals surface area contributed by atoms with Crippen molar-refractivity contribution in [3.8, 4) is 0 Å². The second-order valence-electron chi connectivity index (χ2n) is 4.83. The summed E-state index contributed by atoms with van der Waals surface area (Å²) in [5, 5.41) is 0. The average molecular weight is 304 g/mol. The standard InChI is InChI=1S/C14H22ClNO2S/c1-3-4-13-5-7-14(8-6-13)19(17,18)16-11-12(2)9-10-15/h5-8,12,16H,3-4,9-11H2,1-2H3. The van der Waals surface area contributed by atoms with Gasteiger partial charge in [0.1, 0.15) is 0 Å². The lowest BCUT2D eigenvalue weighted by molar-refractivity contribution is 0.530. The summed E-state index contributed by atoms with van der Waals surface area (Å²) >= 11 is 5.63. The lowest BCUT2D eigenvalue weighted by Gasteiger charge is -2.12. The lowest BCUT2D eigenvalue weighted by Crippen LogP contribution is -2.28. The zero-order valence-corrected chi connectivity index (χ0v) is 13.1. The molecular weight excluding hydrogens is 282 g/mol. The molecule has 0 saturated heterocycles. The van der Waals surface area contributed by atoms with Crippen LogP contribution in [0.4, 0.5) is 0 Å². The Morgan fingerprint density at radius 1 is 1.26 bits per heavy atom. The van der Waals surface area contributed by atoms with Gasteiger partial charge in [0.2, 0.25) is 10.0 Å². The molecule has 19 heavy (non-hydrogen) atoms. The maximum absolute atomic E-state index is 12.1. The van der Waals surface area contributed by atoms with Crippen LogP contribution in [0.1, 0.15) is 32.3 Å². The van der Waals surface area contributed by atoms with Gasteiger partial charge in [-0.3, -0.25) is 0 Å². The Kier molecular flexibility index (Phi) is 6.83. The van der Waals surface area contributed by atoms with Crippen LogP contribution in [0.2, 0.25) is 0 Å². The summed E-state index contributed by atoms with van der Waals surface area (Å²) in [5.41, 5.74) is 1.16. The predicted octanol–water partition coefficient (Wildman–Crippen LogP) is 3.18. The summed E-state index contributed by atoms with van der Waals surface area (Å²) < 4.78 is 26.8. The molecule has 0 radical (unpaired) electrons. The van der Waals surface area contributed by atoms with E-state index in [9.17, 15) is 8.42 Å². The number of hydrogen-bond acceptors (Lipinski definition) is 2. The molecule has 0 heterocycles. The minimum atomic E-state index is -3.40. The summed E-state index contributed by atoms with van der Waals surface area (Å²) in [6.07, 6.45) is 2.83. The summed E-state index contributed by atoms with van der Waals surface area (Å²) in [6, 6.07) is 7.08. The van der Waals surface area contributed by atoms with Crippen LogP contribution < -0.4 is 4.72 Å². The molecule has 0 spiro atoms. The molecule has 1 N–H and O–H groups in total. The maximum atomic E-state index is 12.1. The summed E-state index contributed by atoms with van der Waals surface area (Å²) in [5.74, 6) is 0.792. The van der Waals surface area contributed by atoms with Crippen LogP contribution in [0.25, 0.3) is 0 Å². The number of rotatable bonds is 8. The van der Waals surface area contributed by atoms with E-state index in [-0.39, 0.29) is 5.92 Å². The van der Waals surface area contributed by atoms with E-state index >= 15 is 0 Å². The van der Waals surface area contributed by atoms with Crippen molar-refractivity contribution in [2.75, 3.05) is 12.4 Å². The van der Waals surface area contributed by atoms with Gasteiger partial charge in [-0.1, -0.05) is 32.4 Å². The van der Waals surface area contributed by atoms with Crippen molar-refractivity contribution in [1.82, 2.24) is 4.72 Å². The molecule has 3 nitrogen and oxygen atoms in total. The normalized spacial score (nSPS) is 13.4. The number of benzene rings is 1. The number of aryl methyl sites for hydroxylation is 1. The molecule has 0 saturated carbocycles. The first-order valence-corrected chi connectivity index (χ1v) is 8.66. The second kappa shape index (κ2) is 7.88. The number of nitrogens with one attached hydrogen (secondary N) is 1. The Hall–Kier alpha value is -0.580. The van der Waals surface area contributed by atoms with E-state index in [4.69, 9.17) is 11.6 Å². The highest BCUT2D eigenvalue weighted by Crippen LogP contribution is 2.12. The van der Waals surface area contributed by atoms with Gasteiger partial charge in [-0.2, -0.15) is 0 Å². The topological polar surface area (TPSA) is 46.2 Å². The van der Waals surface area contributed by atoms with E-state index in [1.165, 1.54) is 0 Å². The minimum absolute atomic E-state index is 0.242. The van der Waals surface area contributed by atoms with Crippen molar-refractivity contribution in [2.45, 2.75) is 38.0 Å². The zero-order valence-electron chi connectivity index (χ0n) is 11.5. The molecule has 1 rings (SSSR count). The fraction of sp³-hybridized carbons (Fsp3) is 0.571. The third kappa shape index (κ3) is 5.51. The van der Waals surface area contributed by atoms with Crippen LogP contribution in [-0.4, -0.2) is 20.8 Å². The molecule has 0 fully saturated rings. The number of sulfonamides is 1. The molecular formula is C14H22ClNO2S. The Morgan fingerprint density at radius 2 is 1.89 bits per heavy atom. The smallest absolute Gasteiger partial charge is 0.211 e. The Bertz CT molecular complexity index is 471. The van der Waals surface area contributed by atoms with Crippen LogP contribution in [0.5, 0.6) is 0 Å². The number of alkyl halides is 1. The van der Waals surface area contributed by atoms with E-state index in [1.807, 2.05) is 19.1 Å². The molecule has 0 aliphatic carbocycles. The van der Waals surface area contributed by atoms with Gasteiger partial charge in [0.05, 0.1) is 4.90 Å². The maximum Gasteiger partial charge on any atom is 0.240 e. The zero-order chi connectivity index (χ0) is 14.3. The molecule has 5 heteroatoms. The van der Waals surface area contributed by atoms with Crippen molar-refractivity contribution < 1.29 is 8.42 Å². The minimum Gasteiger partial charge on any atom is -0.211 e. The first-order chi connectivity index (χ1) is 8.99. The summed E-state index contributed by atoms with van der Waals surface area (Å²) in [4.78, 5) is 0.324. The summed E-state index contributed by atoms with van der Waals surface area (Å²) in [7, 11) is -3.40. The predicted molar refractivity (Wildman–Crippen MR) is 80.1 cm³/mol. The monoisotopic (exact) mass is 303 g/mol. The third-order valence-electron chi connectivity index (χ3n) is 3.00. The molecule has 0 aromatic heterocycles. The van der Waals surface area contributed by atoms with Gasteiger partial charge in [-0.05, 0) is 36.5 Å². The van der Waals surface area contributed by atoms with Gasteiger partial charge in [0, 0.05) is 12.4 Å². The number of halogens is 1. The van der Waals surface area contributed by atoms with Crippen molar-refractivity contribution >= 4 is 21.6 Å². The van der Waals surface area contributed by atoms with Gasteiger partial charge >= 0.3 is 0 Å². The third-order valence-corrected chi connectivity index (χ3v) is 4.65. The number of hydrogen-bond donors (Lipinski definition) is 1. The first kappa shape index (κ1) is 16.5. The molecule has 1 aromatic rings. The van der Waals surface area contributed by atoms with Gasteiger partial charge in [0.25, 0.3) is 0 Å². The molecule has 1 atom stereocenters. The Labute approximate surface area is 121 Å². The molecule has 0 aliphatic heterocycles. The van der Waals surface area contributed by atoms with Crippen LogP contribution in [0.3, 0.4) is 0 Å². The average Bonchev–Trinajstić information content (AvgIpc) is 2.38. The first-order valence-electron chi connectivity index (χ1n) is 6.64. The molecule has 0 aliphatic rings. The van der Waals surface area contributed by atoms with Gasteiger partial charge in [0.15, 0.2) is 0 Å². The Balaban J connectivity index is 2.66.